The van der Waals surface area contributed by atoms with E-state index in [1.165, 1.54) is 29.4 Å². The Bertz CT molecular complexity index is 318. The van der Waals surface area contributed by atoms with Crippen LogP contribution >= 0.6 is 23.1 Å². The van der Waals surface area contributed by atoms with E-state index < -0.39 is 0 Å². The van der Waals surface area contributed by atoms with Gasteiger partial charge in [-0.2, -0.15) is 11.8 Å². The molecule has 2 rings (SSSR count). The van der Waals surface area contributed by atoms with Crippen LogP contribution in [-0.4, -0.2) is 22.8 Å². The maximum Gasteiger partial charge on any atom is 0.125 e. The minimum atomic E-state index is 0.526. The van der Waals surface area contributed by atoms with Crippen molar-refractivity contribution in [3.8, 4) is 0 Å². The van der Waals surface area contributed by atoms with Gasteiger partial charge in [0.1, 0.15) is 6.29 Å². The van der Waals surface area contributed by atoms with Crippen molar-refractivity contribution in [2.45, 2.75) is 25.7 Å². The van der Waals surface area contributed by atoms with Gasteiger partial charge < -0.3 is 4.79 Å². The molecule has 2 heterocycles. The molecule has 82 valence electrons. The fraction of sp³-hybridized carbons (Fsp3) is 0.636. The van der Waals surface area contributed by atoms with Crippen molar-refractivity contribution < 1.29 is 4.79 Å². The predicted molar refractivity (Wildman–Crippen MR) is 65.6 cm³/mol. The third-order valence-electron chi connectivity index (χ3n) is 2.69. The second-order valence-electron chi connectivity index (χ2n) is 3.85. The highest BCUT2D eigenvalue weighted by atomic mass is 32.2. The van der Waals surface area contributed by atoms with Gasteiger partial charge in [0, 0.05) is 23.9 Å². The van der Waals surface area contributed by atoms with Gasteiger partial charge in [-0.25, -0.2) is 4.98 Å². The van der Waals surface area contributed by atoms with Crippen LogP contribution in [0.5, 0.6) is 0 Å². The molecule has 0 aliphatic carbocycles. The van der Waals surface area contributed by atoms with Gasteiger partial charge in [-0.3, -0.25) is 0 Å². The lowest BCUT2D eigenvalue weighted by Gasteiger charge is -2.19. The van der Waals surface area contributed by atoms with Gasteiger partial charge in [-0.05, 0) is 30.3 Å². The summed E-state index contributed by atoms with van der Waals surface area (Å²) in [5, 5.41) is 1.21. The Morgan fingerprint density at radius 1 is 1.47 bits per heavy atom. The van der Waals surface area contributed by atoms with Crippen LogP contribution in [0.15, 0.2) is 6.20 Å². The highest BCUT2D eigenvalue weighted by Gasteiger charge is 2.15. The molecule has 0 N–H and O–H groups in total. The summed E-state index contributed by atoms with van der Waals surface area (Å²) in [6.07, 6.45) is 7.10. The Kier molecular flexibility index (Phi) is 4.20. The zero-order valence-corrected chi connectivity index (χ0v) is 10.3. The lowest BCUT2D eigenvalue weighted by molar-refractivity contribution is -0.107. The number of hydrogen-bond acceptors (Lipinski definition) is 4. The average molecular weight is 241 g/mol. The van der Waals surface area contributed by atoms with Gasteiger partial charge in [-0.1, -0.05) is 0 Å². The first-order valence-corrected chi connectivity index (χ1v) is 7.30. The summed E-state index contributed by atoms with van der Waals surface area (Å²) >= 11 is 3.76. The lowest BCUT2D eigenvalue weighted by atomic mass is 9.99. The summed E-state index contributed by atoms with van der Waals surface area (Å²) in [4.78, 5) is 15.8. The number of carbonyl (C=O) groups is 1. The topological polar surface area (TPSA) is 30.0 Å². The Hall–Kier alpha value is -0.350. The standard InChI is InChI=1S/C11H15NOS2/c13-4-1-10-8-12-11(15-10)7-9-2-5-14-6-3-9/h4,8-9H,1-3,5-7H2. The zero-order chi connectivity index (χ0) is 10.5. The summed E-state index contributed by atoms with van der Waals surface area (Å²) in [6.45, 7) is 0. The summed E-state index contributed by atoms with van der Waals surface area (Å²) in [6, 6.07) is 0. The first-order chi connectivity index (χ1) is 7.38. The highest BCUT2D eigenvalue weighted by Crippen LogP contribution is 2.27. The number of nitrogens with zero attached hydrogens (tertiary/aromatic N) is 1. The number of aldehydes is 1. The fourth-order valence-corrected chi connectivity index (χ4v) is 4.00. The number of carbonyl (C=O) groups excluding carboxylic acids is 1. The molecule has 1 saturated heterocycles. The van der Waals surface area contributed by atoms with Crippen LogP contribution in [0.2, 0.25) is 0 Å². The second-order valence-corrected chi connectivity index (χ2v) is 6.28. The molecule has 0 unspecified atom stereocenters. The van der Waals surface area contributed by atoms with Crippen molar-refractivity contribution in [2.24, 2.45) is 5.92 Å². The van der Waals surface area contributed by atoms with Crippen molar-refractivity contribution in [1.29, 1.82) is 0 Å². The van der Waals surface area contributed by atoms with Crippen molar-refractivity contribution in [3.05, 3.63) is 16.1 Å². The van der Waals surface area contributed by atoms with Crippen LogP contribution in [0.3, 0.4) is 0 Å². The maximum absolute atomic E-state index is 10.3. The molecule has 0 radical (unpaired) electrons. The molecule has 0 atom stereocenters. The third kappa shape index (κ3) is 3.31. The van der Waals surface area contributed by atoms with E-state index >= 15 is 0 Å². The van der Waals surface area contributed by atoms with E-state index in [1.807, 2.05) is 6.20 Å². The molecule has 1 aromatic heterocycles. The van der Waals surface area contributed by atoms with Gasteiger partial charge in [0.2, 0.25) is 0 Å². The van der Waals surface area contributed by atoms with Crippen LogP contribution in [0.1, 0.15) is 22.7 Å². The molecule has 1 aromatic rings. The Morgan fingerprint density at radius 3 is 3.00 bits per heavy atom. The minimum Gasteiger partial charge on any atom is -0.303 e. The number of rotatable bonds is 4. The van der Waals surface area contributed by atoms with Crippen LogP contribution in [0, 0.1) is 5.92 Å². The minimum absolute atomic E-state index is 0.526. The van der Waals surface area contributed by atoms with Gasteiger partial charge in [0.05, 0.1) is 5.01 Å². The third-order valence-corrected chi connectivity index (χ3v) is 4.78. The molecule has 1 fully saturated rings. The van der Waals surface area contributed by atoms with Crippen LogP contribution in [0.4, 0.5) is 0 Å². The SMILES string of the molecule is O=CCc1cnc(CC2CCSCC2)s1. The van der Waals surface area contributed by atoms with E-state index in [4.69, 9.17) is 0 Å². The molecular formula is C11H15NOS2. The largest absolute Gasteiger partial charge is 0.303 e. The van der Waals surface area contributed by atoms with Gasteiger partial charge in [0.15, 0.2) is 0 Å². The summed E-state index contributed by atoms with van der Waals surface area (Å²) in [7, 11) is 0. The normalized spacial score (nSPS) is 17.9. The van der Waals surface area contributed by atoms with Crippen molar-refractivity contribution in [3.63, 3.8) is 0 Å². The van der Waals surface area contributed by atoms with Gasteiger partial charge in [0.25, 0.3) is 0 Å². The zero-order valence-electron chi connectivity index (χ0n) is 8.65. The van der Waals surface area contributed by atoms with Gasteiger partial charge >= 0.3 is 0 Å². The molecule has 0 amide bonds. The molecule has 1 aliphatic rings. The van der Waals surface area contributed by atoms with E-state index in [0.717, 1.165) is 23.5 Å². The lowest BCUT2D eigenvalue weighted by Crippen LogP contribution is -2.11. The predicted octanol–water partition coefficient (Wildman–Crippen LogP) is 2.57. The summed E-state index contributed by atoms with van der Waals surface area (Å²) in [5.74, 6) is 3.43. The van der Waals surface area contributed by atoms with Crippen molar-refractivity contribution in [1.82, 2.24) is 4.98 Å². The summed E-state index contributed by atoms with van der Waals surface area (Å²) < 4.78 is 0. The van der Waals surface area contributed by atoms with Crippen LogP contribution in [-0.2, 0) is 17.6 Å². The Balaban J connectivity index is 1.88. The van der Waals surface area contributed by atoms with E-state index in [2.05, 4.69) is 16.7 Å². The van der Waals surface area contributed by atoms with E-state index in [-0.39, 0.29) is 0 Å². The summed E-state index contributed by atoms with van der Waals surface area (Å²) in [5.41, 5.74) is 0. The molecule has 0 saturated carbocycles. The molecule has 15 heavy (non-hydrogen) atoms. The monoisotopic (exact) mass is 241 g/mol. The number of thioether (sulfide) groups is 1. The van der Waals surface area contributed by atoms with Crippen LogP contribution < -0.4 is 0 Å². The maximum atomic E-state index is 10.3. The molecule has 0 bridgehead atoms. The van der Waals surface area contributed by atoms with Crippen LogP contribution in [0.25, 0.3) is 0 Å². The smallest absolute Gasteiger partial charge is 0.125 e. The van der Waals surface area contributed by atoms with Gasteiger partial charge in [-0.15, -0.1) is 11.3 Å². The highest BCUT2D eigenvalue weighted by molar-refractivity contribution is 7.99. The first kappa shape index (κ1) is 11.1. The van der Waals surface area contributed by atoms with E-state index in [0.29, 0.717) is 6.42 Å². The number of thiazole rings is 1. The Labute approximate surface area is 98.5 Å². The van der Waals surface area contributed by atoms with Crippen molar-refractivity contribution in [2.75, 3.05) is 11.5 Å². The van der Waals surface area contributed by atoms with E-state index in [9.17, 15) is 4.79 Å². The first-order valence-electron chi connectivity index (χ1n) is 5.33. The number of hydrogen-bond donors (Lipinski definition) is 0. The van der Waals surface area contributed by atoms with E-state index in [1.54, 1.807) is 11.3 Å². The Morgan fingerprint density at radius 2 is 2.27 bits per heavy atom. The number of aromatic nitrogens is 1. The molecule has 0 spiro atoms. The average Bonchev–Trinajstić information content (AvgIpc) is 2.68. The molecule has 1 aliphatic heterocycles. The molecule has 2 nitrogen and oxygen atoms in total. The molecule has 4 heteroatoms. The van der Waals surface area contributed by atoms with Crippen molar-refractivity contribution >= 4 is 29.4 Å². The molecule has 0 aromatic carbocycles. The quantitative estimate of drug-likeness (QED) is 0.759. The second kappa shape index (κ2) is 5.66. The molecular weight excluding hydrogens is 226 g/mol. The fourth-order valence-electron chi connectivity index (χ4n) is 1.82.